The lowest BCUT2D eigenvalue weighted by Crippen LogP contribution is -2.40. The molecule has 18 heavy (non-hydrogen) atoms. The molecule has 2 N–H and O–H groups in total. The second-order valence-electron chi connectivity index (χ2n) is 5.57. The van der Waals surface area contributed by atoms with E-state index in [1.807, 2.05) is 0 Å². The Morgan fingerprint density at radius 3 is 2.61 bits per heavy atom. The zero-order valence-electron chi connectivity index (χ0n) is 10.4. The molecule has 2 fully saturated rings. The number of nitrogens with zero attached hydrogens (tertiary/aromatic N) is 1. The molecule has 5 nitrogen and oxygen atoms in total. The Labute approximate surface area is 106 Å². The number of ether oxygens (including phenoxy) is 1. The predicted molar refractivity (Wildman–Crippen MR) is 64.2 cm³/mol. The van der Waals surface area contributed by atoms with Crippen LogP contribution in [0.5, 0.6) is 0 Å². The maximum atomic E-state index is 12.6. The Morgan fingerprint density at radius 1 is 1.28 bits per heavy atom. The van der Waals surface area contributed by atoms with Crippen LogP contribution in [0.1, 0.15) is 32.1 Å². The van der Waals surface area contributed by atoms with Crippen LogP contribution in [0.3, 0.4) is 0 Å². The monoisotopic (exact) mass is 250 g/mol. The highest BCUT2D eigenvalue weighted by Crippen LogP contribution is 2.45. The average molecular weight is 250 g/mol. The average Bonchev–Trinajstić information content (AvgIpc) is 2.90. The van der Waals surface area contributed by atoms with E-state index in [0.717, 1.165) is 37.8 Å². The molecule has 0 radical (unpaired) electrons. The van der Waals surface area contributed by atoms with Gasteiger partial charge in [-0.1, -0.05) is 0 Å². The fourth-order valence-electron chi connectivity index (χ4n) is 3.27. The van der Waals surface area contributed by atoms with Gasteiger partial charge in [0, 0.05) is 18.7 Å². The summed E-state index contributed by atoms with van der Waals surface area (Å²) in [5.41, 5.74) is 6.40. The highest BCUT2D eigenvalue weighted by molar-refractivity contribution is 5.90. The number of carbonyl (C=O) groups excluding carboxylic acids is 2. The third kappa shape index (κ3) is 1.73. The Hall–Kier alpha value is -1.36. The van der Waals surface area contributed by atoms with Crippen molar-refractivity contribution in [3.8, 4) is 0 Å². The van der Waals surface area contributed by atoms with Gasteiger partial charge < -0.3 is 15.4 Å². The van der Waals surface area contributed by atoms with Gasteiger partial charge in [-0.05, 0) is 32.1 Å². The van der Waals surface area contributed by atoms with Crippen LogP contribution in [0.25, 0.3) is 0 Å². The second-order valence-corrected chi connectivity index (χ2v) is 5.57. The van der Waals surface area contributed by atoms with Crippen LogP contribution >= 0.6 is 0 Å². The van der Waals surface area contributed by atoms with Crippen molar-refractivity contribution in [3.63, 3.8) is 0 Å². The number of likely N-dealkylation sites (tertiary alicyclic amines) is 1. The molecule has 2 aliphatic heterocycles. The topological polar surface area (TPSA) is 72.6 Å². The molecule has 0 atom stereocenters. The van der Waals surface area contributed by atoms with Crippen molar-refractivity contribution in [1.29, 1.82) is 0 Å². The number of esters is 1. The van der Waals surface area contributed by atoms with Gasteiger partial charge in [-0.25, -0.2) is 4.79 Å². The zero-order chi connectivity index (χ0) is 12.8. The lowest BCUT2D eigenvalue weighted by Gasteiger charge is -2.34. The van der Waals surface area contributed by atoms with Crippen molar-refractivity contribution in [2.75, 3.05) is 13.2 Å². The molecule has 3 rings (SSSR count). The minimum absolute atomic E-state index is 0.166. The van der Waals surface area contributed by atoms with Crippen LogP contribution in [0, 0.1) is 5.41 Å². The summed E-state index contributed by atoms with van der Waals surface area (Å²) in [6.07, 6.45) is 5.93. The van der Waals surface area contributed by atoms with Gasteiger partial charge in [0.2, 0.25) is 5.91 Å². The van der Waals surface area contributed by atoms with Crippen molar-refractivity contribution in [3.05, 3.63) is 11.8 Å². The SMILES string of the molecule is NC1CCC2(CC1)CCN(C1=CC(=O)OC1)C2=O. The minimum Gasteiger partial charge on any atom is -0.456 e. The van der Waals surface area contributed by atoms with Crippen LogP contribution in [-0.2, 0) is 14.3 Å². The molecule has 0 bridgehead atoms. The second kappa shape index (κ2) is 4.09. The number of nitrogens with two attached hydrogens (primary N) is 1. The first-order valence-corrected chi connectivity index (χ1v) is 6.56. The summed E-state index contributed by atoms with van der Waals surface area (Å²) in [4.78, 5) is 25.4. The molecular formula is C13H18N2O3. The van der Waals surface area contributed by atoms with Crippen LogP contribution in [0.2, 0.25) is 0 Å². The van der Waals surface area contributed by atoms with Crippen LogP contribution in [0.4, 0.5) is 0 Å². The first-order chi connectivity index (χ1) is 8.61. The molecule has 1 saturated carbocycles. The van der Waals surface area contributed by atoms with E-state index in [4.69, 9.17) is 10.5 Å². The normalized spacial score (nSPS) is 36.2. The standard InChI is InChI=1S/C13H18N2O3/c14-9-1-3-13(4-2-9)5-6-15(12(13)17)10-7-11(16)18-8-10/h7,9H,1-6,8,14H2. The van der Waals surface area contributed by atoms with Crippen molar-refractivity contribution < 1.29 is 14.3 Å². The molecule has 5 heteroatoms. The van der Waals surface area contributed by atoms with Gasteiger partial charge >= 0.3 is 5.97 Å². The molecule has 1 spiro atoms. The molecule has 0 aromatic heterocycles. The van der Waals surface area contributed by atoms with Crippen molar-refractivity contribution in [1.82, 2.24) is 4.90 Å². The number of hydrogen-bond donors (Lipinski definition) is 1. The molecule has 3 aliphatic rings. The van der Waals surface area contributed by atoms with E-state index < -0.39 is 0 Å². The molecule has 1 aliphatic carbocycles. The van der Waals surface area contributed by atoms with E-state index in [-0.39, 0.29) is 29.9 Å². The Kier molecular flexibility index (Phi) is 2.66. The summed E-state index contributed by atoms with van der Waals surface area (Å²) in [5.74, 6) is -0.177. The molecule has 0 unspecified atom stereocenters. The van der Waals surface area contributed by atoms with E-state index in [9.17, 15) is 9.59 Å². The Bertz CT molecular complexity index is 422. The fourth-order valence-corrected chi connectivity index (χ4v) is 3.27. The molecule has 0 aromatic carbocycles. The van der Waals surface area contributed by atoms with E-state index in [2.05, 4.69) is 0 Å². The Morgan fingerprint density at radius 2 is 2.00 bits per heavy atom. The van der Waals surface area contributed by atoms with Crippen molar-refractivity contribution in [2.24, 2.45) is 11.1 Å². The third-order valence-electron chi connectivity index (χ3n) is 4.49. The maximum Gasteiger partial charge on any atom is 0.333 e. The van der Waals surface area contributed by atoms with Crippen LogP contribution in [-0.4, -0.2) is 36.0 Å². The number of rotatable bonds is 1. The van der Waals surface area contributed by atoms with Gasteiger partial charge in [-0.2, -0.15) is 0 Å². The number of hydrogen-bond acceptors (Lipinski definition) is 4. The number of amides is 1. The van der Waals surface area contributed by atoms with Gasteiger partial charge in [-0.15, -0.1) is 0 Å². The van der Waals surface area contributed by atoms with E-state index >= 15 is 0 Å². The molecule has 2 heterocycles. The quantitative estimate of drug-likeness (QED) is 0.690. The van der Waals surface area contributed by atoms with E-state index in [0.29, 0.717) is 6.54 Å². The van der Waals surface area contributed by atoms with E-state index in [1.54, 1.807) is 4.90 Å². The van der Waals surface area contributed by atoms with Gasteiger partial charge in [0.15, 0.2) is 0 Å². The zero-order valence-corrected chi connectivity index (χ0v) is 10.4. The first-order valence-electron chi connectivity index (χ1n) is 6.56. The van der Waals surface area contributed by atoms with Crippen LogP contribution < -0.4 is 5.73 Å². The summed E-state index contributed by atoms with van der Waals surface area (Å²) < 4.78 is 4.87. The predicted octanol–water partition coefficient (Wildman–Crippen LogP) is 0.547. The lowest BCUT2D eigenvalue weighted by molar-refractivity contribution is -0.138. The number of cyclic esters (lactones) is 1. The molecular weight excluding hydrogens is 232 g/mol. The molecule has 98 valence electrons. The van der Waals surface area contributed by atoms with Gasteiger partial charge in [0.25, 0.3) is 0 Å². The molecule has 1 saturated heterocycles. The molecule has 0 aromatic rings. The van der Waals surface area contributed by atoms with Crippen molar-refractivity contribution >= 4 is 11.9 Å². The Balaban J connectivity index is 1.76. The summed E-state index contributed by atoms with van der Waals surface area (Å²) in [6, 6.07) is 0.244. The highest BCUT2D eigenvalue weighted by Gasteiger charge is 2.49. The fraction of sp³-hybridized carbons (Fsp3) is 0.692. The first kappa shape index (κ1) is 11.7. The van der Waals surface area contributed by atoms with Gasteiger partial charge in [0.1, 0.15) is 6.61 Å². The van der Waals surface area contributed by atoms with Gasteiger partial charge in [-0.3, -0.25) is 4.79 Å². The minimum atomic E-state index is -0.343. The summed E-state index contributed by atoms with van der Waals surface area (Å²) in [6.45, 7) is 0.941. The van der Waals surface area contributed by atoms with E-state index in [1.165, 1.54) is 6.08 Å². The summed E-state index contributed by atoms with van der Waals surface area (Å²) in [7, 11) is 0. The van der Waals surface area contributed by atoms with Crippen molar-refractivity contribution in [2.45, 2.75) is 38.1 Å². The maximum absolute atomic E-state index is 12.6. The third-order valence-corrected chi connectivity index (χ3v) is 4.49. The summed E-state index contributed by atoms with van der Waals surface area (Å²) >= 11 is 0. The molecule has 1 amide bonds. The number of carbonyl (C=O) groups is 2. The van der Waals surface area contributed by atoms with Gasteiger partial charge in [0.05, 0.1) is 11.1 Å². The smallest absolute Gasteiger partial charge is 0.333 e. The highest BCUT2D eigenvalue weighted by atomic mass is 16.5. The lowest BCUT2D eigenvalue weighted by atomic mass is 9.71. The largest absolute Gasteiger partial charge is 0.456 e. The summed E-state index contributed by atoms with van der Waals surface area (Å²) in [5, 5.41) is 0. The van der Waals surface area contributed by atoms with Crippen LogP contribution in [0.15, 0.2) is 11.8 Å².